The van der Waals surface area contributed by atoms with Gasteiger partial charge in [0.25, 0.3) is 5.91 Å². The molecule has 0 N–H and O–H groups in total. The van der Waals surface area contributed by atoms with Crippen LogP contribution in [-0.4, -0.2) is 66.1 Å². The monoisotopic (exact) mass is 397 g/mol. The minimum atomic E-state index is -0.604. The number of ether oxygens (including phenoxy) is 2. The maximum Gasteiger partial charge on any atom is 0.344 e. The molecule has 0 saturated carbocycles. The van der Waals surface area contributed by atoms with Crippen LogP contribution in [0.15, 0.2) is 42.6 Å². The van der Waals surface area contributed by atoms with E-state index in [0.717, 1.165) is 19.6 Å². The lowest BCUT2D eigenvalue weighted by atomic mass is 10.1. The molecular weight excluding hydrogens is 370 g/mol. The maximum absolute atomic E-state index is 12.4. The quantitative estimate of drug-likeness (QED) is 0.668. The number of hydrogen-bond acceptors (Lipinski definition) is 6. The number of amides is 1. The van der Waals surface area contributed by atoms with E-state index < -0.39 is 5.97 Å². The second-order valence-corrected chi connectivity index (χ2v) is 7.01. The van der Waals surface area contributed by atoms with Crippen molar-refractivity contribution in [1.29, 1.82) is 0 Å². The lowest BCUT2D eigenvalue weighted by Crippen LogP contribution is -2.49. The number of hydrogen-bond donors (Lipinski definition) is 0. The predicted molar refractivity (Wildman–Crippen MR) is 109 cm³/mol. The van der Waals surface area contributed by atoms with Crippen molar-refractivity contribution in [2.45, 2.75) is 20.4 Å². The number of nitrogens with zero attached hydrogens (tertiary/aromatic N) is 3. The Morgan fingerprint density at radius 3 is 2.62 bits per heavy atom. The molecular formula is C22H27N3O4. The minimum Gasteiger partial charge on any atom is -0.477 e. The van der Waals surface area contributed by atoms with E-state index in [9.17, 15) is 9.59 Å². The van der Waals surface area contributed by atoms with Gasteiger partial charge in [-0.1, -0.05) is 29.8 Å². The highest BCUT2D eigenvalue weighted by molar-refractivity contribution is 5.93. The first-order chi connectivity index (χ1) is 14.1. The van der Waals surface area contributed by atoms with Gasteiger partial charge in [0.1, 0.15) is 5.56 Å². The zero-order chi connectivity index (χ0) is 20.6. The van der Waals surface area contributed by atoms with Crippen molar-refractivity contribution in [1.82, 2.24) is 14.8 Å². The van der Waals surface area contributed by atoms with Gasteiger partial charge >= 0.3 is 5.97 Å². The number of benzene rings is 1. The van der Waals surface area contributed by atoms with Crippen LogP contribution in [0.5, 0.6) is 5.88 Å². The zero-order valence-electron chi connectivity index (χ0n) is 17.0. The summed E-state index contributed by atoms with van der Waals surface area (Å²) in [5, 5.41) is 0. The average Bonchev–Trinajstić information content (AvgIpc) is 2.73. The summed E-state index contributed by atoms with van der Waals surface area (Å²) < 4.78 is 10.5. The number of aromatic nitrogens is 1. The molecule has 2 aromatic rings. The lowest BCUT2D eigenvalue weighted by molar-refractivity contribution is -0.136. The number of pyridine rings is 1. The smallest absolute Gasteiger partial charge is 0.344 e. The molecule has 0 bridgehead atoms. The molecule has 0 spiro atoms. The Hall–Kier alpha value is -2.93. The van der Waals surface area contributed by atoms with Gasteiger partial charge in [0.05, 0.1) is 6.61 Å². The summed E-state index contributed by atoms with van der Waals surface area (Å²) >= 11 is 0. The number of esters is 1. The molecule has 29 heavy (non-hydrogen) atoms. The topological polar surface area (TPSA) is 72.0 Å². The van der Waals surface area contributed by atoms with Crippen LogP contribution < -0.4 is 4.74 Å². The molecule has 3 rings (SSSR count). The van der Waals surface area contributed by atoms with E-state index >= 15 is 0 Å². The molecule has 1 amide bonds. The van der Waals surface area contributed by atoms with Crippen molar-refractivity contribution < 1.29 is 19.1 Å². The normalized spacial score (nSPS) is 14.5. The van der Waals surface area contributed by atoms with Gasteiger partial charge < -0.3 is 14.4 Å². The minimum absolute atomic E-state index is 0.185. The van der Waals surface area contributed by atoms with Gasteiger partial charge in [-0.15, -0.1) is 0 Å². The fourth-order valence-corrected chi connectivity index (χ4v) is 3.32. The Morgan fingerprint density at radius 2 is 1.90 bits per heavy atom. The van der Waals surface area contributed by atoms with Crippen LogP contribution in [0.4, 0.5) is 0 Å². The molecule has 1 aromatic carbocycles. The third kappa shape index (κ3) is 5.77. The number of piperazine rings is 1. The van der Waals surface area contributed by atoms with Gasteiger partial charge in [0, 0.05) is 38.9 Å². The van der Waals surface area contributed by atoms with E-state index in [2.05, 4.69) is 41.1 Å². The molecule has 2 heterocycles. The highest BCUT2D eigenvalue weighted by atomic mass is 16.5. The summed E-state index contributed by atoms with van der Waals surface area (Å²) in [5.41, 5.74) is 2.75. The fourth-order valence-electron chi connectivity index (χ4n) is 3.32. The van der Waals surface area contributed by atoms with Crippen molar-refractivity contribution in [2.75, 3.05) is 39.4 Å². The average molecular weight is 397 g/mol. The summed E-state index contributed by atoms with van der Waals surface area (Å²) in [6, 6.07) is 11.7. The Morgan fingerprint density at radius 1 is 1.10 bits per heavy atom. The van der Waals surface area contributed by atoms with Crippen LogP contribution in [0.3, 0.4) is 0 Å². The molecule has 1 aliphatic heterocycles. The van der Waals surface area contributed by atoms with Crippen molar-refractivity contribution >= 4 is 11.9 Å². The van der Waals surface area contributed by atoms with Crippen molar-refractivity contribution in [3.63, 3.8) is 0 Å². The number of carbonyl (C=O) groups excluding carboxylic acids is 2. The van der Waals surface area contributed by atoms with Crippen LogP contribution in [0.2, 0.25) is 0 Å². The number of carbonyl (C=O) groups is 2. The molecule has 1 aromatic heterocycles. The van der Waals surface area contributed by atoms with E-state index in [1.807, 2.05) is 6.92 Å². The van der Waals surface area contributed by atoms with Gasteiger partial charge in [-0.05, 0) is 31.5 Å². The molecule has 7 heteroatoms. The predicted octanol–water partition coefficient (Wildman–Crippen LogP) is 2.29. The molecule has 1 aliphatic rings. The first-order valence-corrected chi connectivity index (χ1v) is 9.87. The highest BCUT2D eigenvalue weighted by Crippen LogP contribution is 2.16. The Kier molecular flexibility index (Phi) is 7.19. The van der Waals surface area contributed by atoms with Crippen molar-refractivity contribution in [3.8, 4) is 5.88 Å². The molecule has 0 radical (unpaired) electrons. The standard InChI is InChI=1S/C22H27N3O4/c1-3-28-21-19(8-5-9-23-21)22(27)29-16-20(26)25-12-10-24(11-13-25)15-18-7-4-6-17(2)14-18/h4-9,14H,3,10-13,15-16H2,1-2H3. The van der Waals surface area contributed by atoms with Crippen molar-refractivity contribution in [3.05, 3.63) is 59.3 Å². The third-order valence-corrected chi connectivity index (χ3v) is 4.81. The van der Waals surface area contributed by atoms with E-state index in [1.165, 1.54) is 11.1 Å². The largest absolute Gasteiger partial charge is 0.477 e. The molecule has 154 valence electrons. The van der Waals surface area contributed by atoms with Crippen LogP contribution >= 0.6 is 0 Å². The van der Waals surface area contributed by atoms with Crippen LogP contribution in [0.25, 0.3) is 0 Å². The zero-order valence-corrected chi connectivity index (χ0v) is 17.0. The maximum atomic E-state index is 12.4. The molecule has 0 unspecified atom stereocenters. The van der Waals surface area contributed by atoms with Crippen LogP contribution in [0.1, 0.15) is 28.4 Å². The van der Waals surface area contributed by atoms with Gasteiger partial charge in [0.2, 0.25) is 5.88 Å². The molecule has 0 atom stereocenters. The number of aryl methyl sites for hydroxylation is 1. The second-order valence-electron chi connectivity index (χ2n) is 7.01. The van der Waals surface area contributed by atoms with E-state index in [-0.39, 0.29) is 24.0 Å². The summed E-state index contributed by atoms with van der Waals surface area (Å²) in [7, 11) is 0. The third-order valence-electron chi connectivity index (χ3n) is 4.81. The number of rotatable bonds is 7. The van der Waals surface area contributed by atoms with Gasteiger partial charge in [-0.2, -0.15) is 0 Å². The Bertz CT molecular complexity index is 847. The van der Waals surface area contributed by atoms with Crippen LogP contribution in [0, 0.1) is 6.92 Å². The van der Waals surface area contributed by atoms with Crippen LogP contribution in [-0.2, 0) is 16.1 Å². The van der Waals surface area contributed by atoms with E-state index in [0.29, 0.717) is 19.7 Å². The molecule has 0 aliphatic carbocycles. The highest BCUT2D eigenvalue weighted by Gasteiger charge is 2.23. The Balaban J connectivity index is 1.46. The molecule has 1 fully saturated rings. The van der Waals surface area contributed by atoms with E-state index in [4.69, 9.17) is 9.47 Å². The Labute approximate surface area is 171 Å². The molecule has 7 nitrogen and oxygen atoms in total. The summed E-state index contributed by atoms with van der Waals surface area (Å²) in [6.45, 7) is 7.73. The first kappa shape index (κ1) is 20.8. The van der Waals surface area contributed by atoms with E-state index in [1.54, 1.807) is 23.2 Å². The summed E-state index contributed by atoms with van der Waals surface area (Å²) in [6.07, 6.45) is 1.54. The summed E-state index contributed by atoms with van der Waals surface area (Å²) in [4.78, 5) is 32.8. The lowest BCUT2D eigenvalue weighted by Gasteiger charge is -2.34. The van der Waals surface area contributed by atoms with Crippen molar-refractivity contribution in [2.24, 2.45) is 0 Å². The second kappa shape index (κ2) is 10.0. The first-order valence-electron chi connectivity index (χ1n) is 9.87. The van der Waals surface area contributed by atoms with Gasteiger partial charge in [0.15, 0.2) is 6.61 Å². The summed E-state index contributed by atoms with van der Waals surface area (Å²) in [5.74, 6) is -0.569. The SMILES string of the molecule is CCOc1ncccc1C(=O)OCC(=O)N1CCN(Cc2cccc(C)c2)CC1. The molecule has 1 saturated heterocycles. The van der Waals surface area contributed by atoms with Gasteiger partial charge in [-0.3, -0.25) is 9.69 Å². The fraction of sp³-hybridized carbons (Fsp3) is 0.409. The van der Waals surface area contributed by atoms with Gasteiger partial charge in [-0.25, -0.2) is 9.78 Å².